The van der Waals surface area contributed by atoms with Gasteiger partial charge < -0.3 is 5.32 Å². The highest BCUT2D eigenvalue weighted by molar-refractivity contribution is 5.79. The number of hydrogen-bond acceptors (Lipinski definition) is 2. The predicted octanol–water partition coefficient (Wildman–Crippen LogP) is 2.85. The van der Waals surface area contributed by atoms with E-state index in [1.807, 2.05) is 19.2 Å². The summed E-state index contributed by atoms with van der Waals surface area (Å²) in [6.07, 6.45) is 3.23. The summed E-state index contributed by atoms with van der Waals surface area (Å²) in [4.78, 5) is 11.2. The van der Waals surface area contributed by atoms with Gasteiger partial charge in [0.1, 0.15) is 11.6 Å². The van der Waals surface area contributed by atoms with Crippen LogP contribution in [0.15, 0.2) is 24.3 Å². The van der Waals surface area contributed by atoms with Crippen LogP contribution >= 0.6 is 0 Å². The molecule has 1 aromatic carbocycles. The number of halogens is 1. The Labute approximate surface area is 101 Å². The lowest BCUT2D eigenvalue weighted by atomic mass is 9.81. The quantitative estimate of drug-likeness (QED) is 0.872. The van der Waals surface area contributed by atoms with E-state index in [4.69, 9.17) is 0 Å². The van der Waals surface area contributed by atoms with E-state index in [9.17, 15) is 9.18 Å². The van der Waals surface area contributed by atoms with Crippen LogP contribution in [0.5, 0.6) is 0 Å². The molecule has 0 heterocycles. The van der Waals surface area contributed by atoms with E-state index < -0.39 is 0 Å². The molecule has 0 amide bonds. The number of rotatable bonds is 3. The molecule has 3 heteroatoms. The molecule has 0 bridgehead atoms. The van der Waals surface area contributed by atoms with Crippen molar-refractivity contribution in [3.63, 3.8) is 0 Å². The predicted molar refractivity (Wildman–Crippen MR) is 65.2 cm³/mol. The second-order valence-electron chi connectivity index (χ2n) is 4.69. The zero-order chi connectivity index (χ0) is 12.3. The third-order valence-electron chi connectivity index (χ3n) is 3.60. The van der Waals surface area contributed by atoms with Gasteiger partial charge in [0.15, 0.2) is 0 Å². The maximum Gasteiger partial charge on any atom is 0.132 e. The van der Waals surface area contributed by atoms with Crippen LogP contribution in [0.3, 0.4) is 0 Å². The van der Waals surface area contributed by atoms with E-state index in [2.05, 4.69) is 5.32 Å². The first kappa shape index (κ1) is 12.2. The summed E-state index contributed by atoms with van der Waals surface area (Å²) in [6, 6.07) is 6.87. The Morgan fingerprint density at radius 3 is 2.35 bits per heavy atom. The van der Waals surface area contributed by atoms with Crippen molar-refractivity contribution in [1.29, 1.82) is 0 Å². The Balaban J connectivity index is 2.10. The van der Waals surface area contributed by atoms with Gasteiger partial charge in [-0.1, -0.05) is 12.1 Å². The molecule has 1 fully saturated rings. The fraction of sp³-hybridized carbons (Fsp3) is 0.500. The summed E-state index contributed by atoms with van der Waals surface area (Å²) >= 11 is 0. The van der Waals surface area contributed by atoms with Gasteiger partial charge in [-0.05, 0) is 43.5 Å². The van der Waals surface area contributed by atoms with E-state index in [-0.39, 0.29) is 11.9 Å². The fourth-order valence-corrected chi connectivity index (χ4v) is 2.64. The maximum atomic E-state index is 12.9. The molecule has 1 aliphatic rings. The summed E-state index contributed by atoms with van der Waals surface area (Å²) < 4.78 is 12.9. The normalized spacial score (nSPS) is 19.3. The summed E-state index contributed by atoms with van der Waals surface area (Å²) in [6.45, 7) is 0. The maximum absolute atomic E-state index is 12.9. The lowest BCUT2D eigenvalue weighted by Gasteiger charge is -2.29. The fourth-order valence-electron chi connectivity index (χ4n) is 2.64. The molecule has 1 aromatic rings. The number of ketones is 1. The molecule has 92 valence electrons. The van der Waals surface area contributed by atoms with Gasteiger partial charge in [0.2, 0.25) is 0 Å². The van der Waals surface area contributed by atoms with Gasteiger partial charge in [-0.3, -0.25) is 4.79 Å². The van der Waals surface area contributed by atoms with Crippen molar-refractivity contribution in [2.24, 2.45) is 5.92 Å². The molecule has 1 saturated carbocycles. The minimum atomic E-state index is -0.206. The van der Waals surface area contributed by atoms with Crippen molar-refractivity contribution in [3.8, 4) is 0 Å². The molecule has 2 nitrogen and oxygen atoms in total. The molecule has 1 aliphatic carbocycles. The Morgan fingerprint density at radius 1 is 1.24 bits per heavy atom. The monoisotopic (exact) mass is 235 g/mol. The van der Waals surface area contributed by atoms with Crippen LogP contribution in [0.25, 0.3) is 0 Å². The smallest absolute Gasteiger partial charge is 0.132 e. The molecule has 1 N–H and O–H groups in total. The van der Waals surface area contributed by atoms with Gasteiger partial charge in [0.05, 0.1) is 0 Å². The summed E-state index contributed by atoms with van der Waals surface area (Å²) in [5.41, 5.74) is 1.10. The standard InChI is InChI=1S/C14H18FNO/c1-16-14(10-2-6-12(15)7-3-10)11-4-8-13(17)9-5-11/h2-3,6-7,11,14,16H,4-5,8-9H2,1H3. The van der Waals surface area contributed by atoms with Crippen LogP contribution in [0.1, 0.15) is 37.3 Å². The van der Waals surface area contributed by atoms with E-state index in [1.54, 1.807) is 0 Å². The minimum absolute atomic E-state index is 0.206. The van der Waals surface area contributed by atoms with Crippen molar-refractivity contribution in [3.05, 3.63) is 35.6 Å². The molecule has 0 saturated heterocycles. The number of Topliss-reactive ketones (excluding diaryl/α,β-unsaturated/α-hetero) is 1. The zero-order valence-electron chi connectivity index (χ0n) is 10.1. The third-order valence-corrected chi connectivity index (χ3v) is 3.60. The third kappa shape index (κ3) is 2.91. The molecule has 17 heavy (non-hydrogen) atoms. The highest BCUT2D eigenvalue weighted by atomic mass is 19.1. The summed E-state index contributed by atoms with van der Waals surface area (Å²) in [5.74, 6) is 0.640. The number of hydrogen-bond donors (Lipinski definition) is 1. The van der Waals surface area contributed by atoms with Crippen LogP contribution in [0, 0.1) is 11.7 Å². The largest absolute Gasteiger partial charge is 0.313 e. The van der Waals surface area contributed by atoms with Crippen molar-refractivity contribution in [1.82, 2.24) is 5.32 Å². The lowest BCUT2D eigenvalue weighted by molar-refractivity contribution is -0.121. The Morgan fingerprint density at radius 2 is 1.82 bits per heavy atom. The van der Waals surface area contributed by atoms with Crippen LogP contribution in [0.4, 0.5) is 4.39 Å². The Kier molecular flexibility index (Phi) is 3.89. The molecule has 2 rings (SSSR count). The number of benzene rings is 1. The molecular formula is C14H18FNO. The number of nitrogens with one attached hydrogen (secondary N) is 1. The molecule has 0 aliphatic heterocycles. The van der Waals surface area contributed by atoms with Crippen molar-refractivity contribution < 1.29 is 9.18 Å². The van der Waals surface area contributed by atoms with Crippen molar-refractivity contribution >= 4 is 5.78 Å². The van der Waals surface area contributed by atoms with Crippen LogP contribution in [-0.4, -0.2) is 12.8 Å². The van der Waals surface area contributed by atoms with E-state index >= 15 is 0 Å². The zero-order valence-corrected chi connectivity index (χ0v) is 10.1. The second kappa shape index (κ2) is 5.41. The van der Waals surface area contributed by atoms with E-state index in [0.29, 0.717) is 24.5 Å². The molecule has 0 radical (unpaired) electrons. The van der Waals surface area contributed by atoms with E-state index in [1.165, 1.54) is 12.1 Å². The SMILES string of the molecule is CNC(c1ccc(F)cc1)C1CCC(=O)CC1. The van der Waals surface area contributed by atoms with Crippen LogP contribution < -0.4 is 5.32 Å². The first-order valence-corrected chi connectivity index (χ1v) is 6.15. The van der Waals surface area contributed by atoms with Gasteiger partial charge in [0, 0.05) is 18.9 Å². The molecular weight excluding hydrogens is 217 g/mol. The van der Waals surface area contributed by atoms with Gasteiger partial charge in [-0.25, -0.2) is 4.39 Å². The molecule has 1 atom stereocenters. The molecule has 0 aromatic heterocycles. The highest BCUT2D eigenvalue weighted by Crippen LogP contribution is 2.33. The van der Waals surface area contributed by atoms with Gasteiger partial charge in [-0.15, -0.1) is 0 Å². The first-order chi connectivity index (χ1) is 8.20. The number of carbonyl (C=O) groups is 1. The second-order valence-corrected chi connectivity index (χ2v) is 4.69. The van der Waals surface area contributed by atoms with Crippen molar-refractivity contribution in [2.75, 3.05) is 7.05 Å². The summed E-state index contributed by atoms with van der Waals surface area (Å²) in [5, 5.41) is 3.29. The van der Waals surface area contributed by atoms with Crippen LogP contribution in [0.2, 0.25) is 0 Å². The first-order valence-electron chi connectivity index (χ1n) is 6.15. The van der Waals surface area contributed by atoms with Crippen LogP contribution in [-0.2, 0) is 4.79 Å². The van der Waals surface area contributed by atoms with Gasteiger partial charge >= 0.3 is 0 Å². The highest BCUT2D eigenvalue weighted by Gasteiger charge is 2.26. The lowest BCUT2D eigenvalue weighted by Crippen LogP contribution is -2.28. The average Bonchev–Trinajstić information content (AvgIpc) is 2.35. The Bertz CT molecular complexity index is 378. The summed E-state index contributed by atoms with van der Waals surface area (Å²) in [7, 11) is 1.92. The van der Waals surface area contributed by atoms with Crippen molar-refractivity contribution in [2.45, 2.75) is 31.7 Å². The average molecular weight is 235 g/mol. The molecule has 0 spiro atoms. The van der Waals surface area contributed by atoms with Gasteiger partial charge in [0.25, 0.3) is 0 Å². The topological polar surface area (TPSA) is 29.1 Å². The molecule has 1 unspecified atom stereocenters. The minimum Gasteiger partial charge on any atom is -0.313 e. The van der Waals surface area contributed by atoms with E-state index in [0.717, 1.165) is 18.4 Å². The van der Waals surface area contributed by atoms with Gasteiger partial charge in [-0.2, -0.15) is 0 Å². The number of carbonyl (C=O) groups excluding carboxylic acids is 1. The Hall–Kier alpha value is -1.22.